The molecule has 0 aromatic heterocycles. The first kappa shape index (κ1) is 27.8. The molecule has 13 heteroatoms. The van der Waals surface area contributed by atoms with Crippen molar-refractivity contribution in [3.63, 3.8) is 0 Å². The van der Waals surface area contributed by atoms with E-state index in [0.717, 1.165) is 6.42 Å². The quantitative estimate of drug-likeness (QED) is 0.153. The Labute approximate surface area is 228 Å². The molecule has 214 valence electrons. The van der Waals surface area contributed by atoms with Crippen LogP contribution in [0, 0.1) is 0 Å². The van der Waals surface area contributed by atoms with Gasteiger partial charge in [-0.15, -0.1) is 0 Å². The van der Waals surface area contributed by atoms with Gasteiger partial charge in [0.05, 0.1) is 30.9 Å². The highest BCUT2D eigenvalue weighted by molar-refractivity contribution is 6.30. The minimum atomic E-state index is -1.76. The summed E-state index contributed by atoms with van der Waals surface area (Å²) >= 11 is 0. The van der Waals surface area contributed by atoms with Gasteiger partial charge in [0, 0.05) is 29.8 Å². The Bertz CT molecular complexity index is 1390. The Morgan fingerprint density at radius 2 is 1.82 bits per heavy atom. The number of nitrogens with one attached hydrogen (secondary N) is 1. The van der Waals surface area contributed by atoms with Crippen molar-refractivity contribution < 1.29 is 49.3 Å². The second-order valence-corrected chi connectivity index (χ2v) is 9.94. The molecule has 2 aromatic rings. The Morgan fingerprint density at radius 1 is 1.10 bits per heavy atom. The minimum Gasteiger partial charge on any atom is -0.507 e. The van der Waals surface area contributed by atoms with Gasteiger partial charge in [-0.25, -0.2) is 0 Å². The van der Waals surface area contributed by atoms with Crippen LogP contribution in [0.15, 0.2) is 23.2 Å². The van der Waals surface area contributed by atoms with Gasteiger partial charge in [0.15, 0.2) is 11.7 Å². The lowest BCUT2D eigenvalue weighted by molar-refractivity contribution is -0.277. The first-order valence-electron chi connectivity index (χ1n) is 12.8. The van der Waals surface area contributed by atoms with Gasteiger partial charge < -0.3 is 50.8 Å². The number of aliphatic hydroxyl groups is 4. The average Bonchev–Trinajstić information content (AvgIpc) is 2.95. The van der Waals surface area contributed by atoms with Crippen molar-refractivity contribution in [1.29, 1.82) is 0 Å². The molecule has 6 atom stereocenters. The molecule has 1 saturated heterocycles. The number of methoxy groups -OCH3 is 1. The molecule has 1 aliphatic heterocycles. The number of carbonyl (C=O) groups excluding carboxylic acids is 2. The maximum Gasteiger partial charge on any atom is 0.229 e. The molecule has 3 aliphatic rings. The van der Waals surface area contributed by atoms with E-state index in [-0.39, 0.29) is 45.5 Å². The number of aliphatic hydroxyl groups excluding tert-OH is 4. The molecule has 0 saturated carbocycles. The summed E-state index contributed by atoms with van der Waals surface area (Å²) in [6.07, 6.45) is -6.06. The first-order valence-corrected chi connectivity index (χ1v) is 12.8. The number of benzene rings is 2. The molecular weight excluding hydrogens is 526 g/mol. The molecule has 13 nitrogen and oxygen atoms in total. The molecule has 1 heterocycles. The summed E-state index contributed by atoms with van der Waals surface area (Å²) in [6, 6.07) is 3.84. The number of phenols is 1. The summed E-state index contributed by atoms with van der Waals surface area (Å²) in [4.78, 5) is 31.7. The third-order valence-electron chi connectivity index (χ3n) is 7.62. The van der Waals surface area contributed by atoms with Crippen LogP contribution in [0.3, 0.4) is 0 Å². The van der Waals surface area contributed by atoms with Crippen molar-refractivity contribution in [3.8, 4) is 17.2 Å². The topological polar surface area (TPSA) is 213 Å². The summed E-state index contributed by atoms with van der Waals surface area (Å²) in [6.45, 7) is -0.687. The number of rotatable bonds is 5. The third-order valence-corrected chi connectivity index (χ3v) is 7.62. The largest absolute Gasteiger partial charge is 0.507 e. The van der Waals surface area contributed by atoms with Crippen molar-refractivity contribution in [2.45, 2.75) is 56.0 Å². The lowest BCUT2D eigenvalue weighted by Crippen LogP contribution is -2.60. The Kier molecular flexibility index (Phi) is 7.42. The summed E-state index contributed by atoms with van der Waals surface area (Å²) in [5, 5.41) is 54.8. The number of phenolic OH excluding ortho intramolecular Hbond substituents is 1. The number of aromatic hydroxyl groups is 1. The van der Waals surface area contributed by atoms with Crippen LogP contribution in [0.1, 0.15) is 61.9 Å². The highest BCUT2D eigenvalue weighted by Gasteiger charge is 2.46. The van der Waals surface area contributed by atoms with Gasteiger partial charge in [-0.05, 0) is 37.0 Å². The zero-order valence-corrected chi connectivity index (χ0v) is 21.8. The van der Waals surface area contributed by atoms with Crippen molar-refractivity contribution in [3.05, 3.63) is 51.6 Å². The van der Waals surface area contributed by atoms with Gasteiger partial charge >= 0.3 is 0 Å². The number of aryl methyl sites for hydroxylation is 1. The van der Waals surface area contributed by atoms with Crippen LogP contribution < -0.4 is 20.5 Å². The van der Waals surface area contributed by atoms with Crippen molar-refractivity contribution in [2.24, 2.45) is 10.7 Å². The van der Waals surface area contributed by atoms with Gasteiger partial charge in [0.1, 0.15) is 41.7 Å². The smallest absolute Gasteiger partial charge is 0.229 e. The SMILES string of the molecule is CN=C(N)NC1CCCc2cc3c(c(O)c21)C(=O)c1c(OC2OC(CO)C(O)C(O)C2O)cc(OC)cc1C3=O. The van der Waals surface area contributed by atoms with Crippen molar-refractivity contribution >= 4 is 17.5 Å². The van der Waals surface area contributed by atoms with Crippen LogP contribution in [-0.2, 0) is 11.2 Å². The molecule has 5 rings (SSSR count). The summed E-state index contributed by atoms with van der Waals surface area (Å²) in [5.74, 6) is -1.53. The molecular formula is C27H31N3O10. The third kappa shape index (κ3) is 4.45. The highest BCUT2D eigenvalue weighted by atomic mass is 16.7. The fraction of sp³-hybridized carbons (Fsp3) is 0.444. The van der Waals surface area contributed by atoms with E-state index in [0.29, 0.717) is 24.0 Å². The predicted molar refractivity (Wildman–Crippen MR) is 139 cm³/mol. The number of ether oxygens (including phenoxy) is 3. The first-order chi connectivity index (χ1) is 19.1. The van der Waals surface area contributed by atoms with Gasteiger partial charge in [-0.1, -0.05) is 0 Å². The Morgan fingerprint density at radius 3 is 2.50 bits per heavy atom. The van der Waals surface area contributed by atoms with Gasteiger partial charge in [-0.2, -0.15) is 0 Å². The van der Waals surface area contributed by atoms with Crippen LogP contribution in [0.2, 0.25) is 0 Å². The fourth-order valence-corrected chi connectivity index (χ4v) is 5.55. The number of nitrogens with zero attached hydrogens (tertiary/aromatic N) is 1. The molecule has 0 spiro atoms. The number of nitrogens with two attached hydrogens (primary N) is 1. The highest BCUT2D eigenvalue weighted by Crippen LogP contribution is 2.45. The second-order valence-electron chi connectivity index (χ2n) is 9.94. The number of hydrogen-bond donors (Lipinski definition) is 7. The number of fused-ring (bicyclic) bond motifs is 3. The summed E-state index contributed by atoms with van der Waals surface area (Å²) < 4.78 is 16.5. The lowest BCUT2D eigenvalue weighted by atomic mass is 9.77. The zero-order chi connectivity index (χ0) is 28.9. The Hall–Kier alpha value is -3.75. The monoisotopic (exact) mass is 557 g/mol. The molecule has 6 unspecified atom stereocenters. The van der Waals surface area contributed by atoms with E-state index >= 15 is 0 Å². The maximum absolute atomic E-state index is 14.0. The van der Waals surface area contributed by atoms with E-state index in [9.17, 15) is 35.1 Å². The Balaban J connectivity index is 1.61. The van der Waals surface area contributed by atoms with Gasteiger partial charge in [0.25, 0.3) is 0 Å². The van der Waals surface area contributed by atoms with E-state index < -0.39 is 54.9 Å². The molecule has 0 amide bonds. The number of aliphatic imine (C=N–C) groups is 1. The summed E-state index contributed by atoms with van der Waals surface area (Å²) in [5.41, 5.74) is 6.59. The van der Waals surface area contributed by atoms with Gasteiger partial charge in [0.2, 0.25) is 12.1 Å². The van der Waals surface area contributed by atoms with Crippen LogP contribution >= 0.6 is 0 Å². The fourth-order valence-electron chi connectivity index (χ4n) is 5.55. The molecule has 1 fully saturated rings. The number of guanidine groups is 1. The number of carbonyl (C=O) groups is 2. The minimum absolute atomic E-state index is 0.0265. The normalized spacial score (nSPS) is 27.9. The molecule has 2 aromatic carbocycles. The predicted octanol–water partition coefficient (Wildman–Crippen LogP) is -0.734. The molecule has 40 heavy (non-hydrogen) atoms. The second kappa shape index (κ2) is 10.7. The molecule has 0 bridgehead atoms. The van der Waals surface area contributed by atoms with Crippen LogP contribution in [0.4, 0.5) is 0 Å². The van der Waals surface area contributed by atoms with Crippen LogP contribution in [0.5, 0.6) is 17.2 Å². The number of hydrogen-bond acceptors (Lipinski definition) is 11. The van der Waals surface area contributed by atoms with Crippen LogP contribution in [-0.4, -0.2) is 94.5 Å². The van der Waals surface area contributed by atoms with Crippen molar-refractivity contribution in [1.82, 2.24) is 5.32 Å². The molecule has 8 N–H and O–H groups in total. The van der Waals surface area contributed by atoms with E-state index in [4.69, 9.17) is 19.9 Å². The van der Waals surface area contributed by atoms with E-state index in [1.54, 1.807) is 6.07 Å². The van der Waals surface area contributed by atoms with Crippen molar-refractivity contribution in [2.75, 3.05) is 20.8 Å². The van der Waals surface area contributed by atoms with E-state index in [1.807, 2.05) is 0 Å². The van der Waals surface area contributed by atoms with Gasteiger partial charge in [-0.3, -0.25) is 14.6 Å². The van der Waals surface area contributed by atoms with E-state index in [1.165, 1.54) is 26.3 Å². The average molecular weight is 558 g/mol. The number of ketones is 2. The van der Waals surface area contributed by atoms with Crippen LogP contribution in [0.25, 0.3) is 0 Å². The van der Waals surface area contributed by atoms with E-state index in [2.05, 4.69) is 10.3 Å². The molecule has 2 aliphatic carbocycles. The summed E-state index contributed by atoms with van der Waals surface area (Å²) in [7, 11) is 2.87. The zero-order valence-electron chi connectivity index (χ0n) is 21.8. The maximum atomic E-state index is 14.0. The lowest BCUT2D eigenvalue weighted by Gasteiger charge is -2.40. The standard InChI is InChI=1S/C27H31N3O10/c1-29-27(28)30-14-5-3-4-10-6-12-19(22(34)17(10)14)23(35)18-13(20(12)32)7-11(38-2)8-15(18)39-26-25(37)24(36)21(33)16(9-31)40-26/h6-8,14,16,21,24-26,31,33-34,36-37H,3-5,9H2,1-2H3,(H3,28,29,30). The molecule has 0 radical (unpaired) electrons.